The van der Waals surface area contributed by atoms with Crippen LogP contribution in [-0.4, -0.2) is 23.3 Å². The Hall–Kier alpha value is -1.29. The first-order valence-corrected chi connectivity index (χ1v) is 6.65. The topological polar surface area (TPSA) is 31.4 Å². The molecule has 0 amide bonds. The molecule has 0 aromatic carbocycles. The highest BCUT2D eigenvalue weighted by atomic mass is 19.4. The van der Waals surface area contributed by atoms with E-state index >= 15 is 0 Å². The van der Waals surface area contributed by atoms with Gasteiger partial charge in [0.05, 0.1) is 11.2 Å². The van der Waals surface area contributed by atoms with Crippen molar-refractivity contribution in [3.63, 3.8) is 0 Å². The van der Waals surface area contributed by atoms with Crippen LogP contribution in [0.5, 0.6) is 0 Å². The summed E-state index contributed by atoms with van der Waals surface area (Å²) in [4.78, 5) is 2.66. The second kappa shape index (κ2) is 5.10. The van der Waals surface area contributed by atoms with Crippen LogP contribution in [0.3, 0.4) is 0 Å². The Balaban J connectivity index is 2.51. The van der Waals surface area contributed by atoms with Crippen LogP contribution in [0.15, 0.2) is 12.1 Å². The van der Waals surface area contributed by atoms with E-state index in [1.165, 1.54) is 0 Å². The van der Waals surface area contributed by atoms with Crippen LogP contribution in [0.25, 0.3) is 0 Å². The molecule has 0 radical (unpaired) electrons. The predicted molar refractivity (Wildman–Crippen MR) is 70.0 cm³/mol. The molecule has 0 atom stereocenters. The standard InChI is InChI=1S/C13H14BF6NO2/c1-10(2)11(3,4)23-14(22-10)7-5-8(12(15,16)17)21-9(6-7)13(18,19)20/h5-6H,1-4H3. The molecule has 0 aliphatic carbocycles. The third kappa shape index (κ3) is 3.47. The molecule has 1 aliphatic rings. The van der Waals surface area contributed by atoms with Crippen molar-refractivity contribution in [3.05, 3.63) is 23.5 Å². The first kappa shape index (κ1) is 18.1. The summed E-state index contributed by atoms with van der Waals surface area (Å²) in [6.07, 6.45) is -10.0. The average Bonchev–Trinajstić information content (AvgIpc) is 2.56. The van der Waals surface area contributed by atoms with Gasteiger partial charge in [0.1, 0.15) is 11.4 Å². The second-order valence-electron chi connectivity index (χ2n) is 6.25. The summed E-state index contributed by atoms with van der Waals surface area (Å²) in [6, 6.07) is 1.02. The van der Waals surface area contributed by atoms with Crippen LogP contribution in [-0.2, 0) is 21.7 Å². The second-order valence-corrected chi connectivity index (χ2v) is 6.25. The van der Waals surface area contributed by atoms with Gasteiger partial charge < -0.3 is 9.31 Å². The number of rotatable bonds is 1. The molecule has 0 unspecified atom stereocenters. The number of halogens is 6. The fraction of sp³-hybridized carbons (Fsp3) is 0.615. The van der Waals surface area contributed by atoms with Gasteiger partial charge in [-0.15, -0.1) is 0 Å². The number of pyridine rings is 1. The van der Waals surface area contributed by atoms with Gasteiger partial charge in [-0.1, -0.05) is 0 Å². The van der Waals surface area contributed by atoms with Crippen molar-refractivity contribution in [2.45, 2.75) is 51.2 Å². The van der Waals surface area contributed by atoms with E-state index in [-0.39, 0.29) is 5.46 Å². The minimum absolute atomic E-state index is 0.377. The summed E-state index contributed by atoms with van der Waals surface area (Å²) in [5.74, 6) is 0. The zero-order valence-corrected chi connectivity index (χ0v) is 12.8. The molecule has 3 nitrogen and oxygen atoms in total. The minimum atomic E-state index is -5.01. The van der Waals surface area contributed by atoms with Crippen molar-refractivity contribution in [3.8, 4) is 0 Å². The Bertz CT molecular complexity index is 563. The van der Waals surface area contributed by atoms with Crippen molar-refractivity contribution in [2.24, 2.45) is 0 Å². The summed E-state index contributed by atoms with van der Waals surface area (Å²) in [5.41, 5.74) is -5.44. The van der Waals surface area contributed by atoms with Crippen molar-refractivity contribution in [1.82, 2.24) is 4.98 Å². The van der Waals surface area contributed by atoms with E-state index in [1.807, 2.05) is 0 Å². The smallest absolute Gasteiger partial charge is 0.399 e. The fourth-order valence-electron chi connectivity index (χ4n) is 1.96. The molecule has 0 saturated carbocycles. The SMILES string of the molecule is CC1(C)OB(c2cc(C(F)(F)F)nc(C(F)(F)F)c2)OC1(C)C. The highest BCUT2D eigenvalue weighted by Crippen LogP contribution is 2.38. The lowest BCUT2D eigenvalue weighted by atomic mass is 9.78. The molecule has 0 N–H and O–H groups in total. The average molecular weight is 341 g/mol. The van der Waals surface area contributed by atoms with Crippen LogP contribution in [0.4, 0.5) is 26.3 Å². The van der Waals surface area contributed by atoms with Crippen molar-refractivity contribution >= 4 is 12.6 Å². The minimum Gasteiger partial charge on any atom is -0.399 e. The largest absolute Gasteiger partial charge is 0.494 e. The molecule has 1 aliphatic heterocycles. The molecule has 23 heavy (non-hydrogen) atoms. The molecule has 0 spiro atoms. The maximum atomic E-state index is 12.8. The third-order valence-corrected chi connectivity index (χ3v) is 3.95. The van der Waals surface area contributed by atoms with Crippen molar-refractivity contribution in [1.29, 1.82) is 0 Å². The lowest BCUT2D eigenvalue weighted by molar-refractivity contribution is -0.149. The number of hydrogen-bond donors (Lipinski definition) is 0. The van der Waals surface area contributed by atoms with E-state index in [9.17, 15) is 26.3 Å². The van der Waals surface area contributed by atoms with Crippen LogP contribution >= 0.6 is 0 Å². The summed E-state index contributed by atoms with van der Waals surface area (Å²) in [5, 5.41) is 0. The van der Waals surface area contributed by atoms with E-state index < -0.39 is 42.1 Å². The molecule has 2 heterocycles. The quantitative estimate of drug-likeness (QED) is 0.580. The summed E-state index contributed by atoms with van der Waals surface area (Å²) in [7, 11) is -1.34. The van der Waals surface area contributed by atoms with E-state index in [4.69, 9.17) is 9.31 Å². The summed E-state index contributed by atoms with van der Waals surface area (Å²) in [6.45, 7) is 6.57. The zero-order chi connectivity index (χ0) is 17.8. The first-order chi connectivity index (χ1) is 10.1. The maximum Gasteiger partial charge on any atom is 0.494 e. The van der Waals surface area contributed by atoms with Gasteiger partial charge >= 0.3 is 19.5 Å². The number of aromatic nitrogens is 1. The Morgan fingerprint density at radius 2 is 1.17 bits per heavy atom. The zero-order valence-electron chi connectivity index (χ0n) is 12.8. The molecule has 1 aromatic rings. The molecule has 2 rings (SSSR count). The van der Waals surface area contributed by atoms with Gasteiger partial charge in [-0.25, -0.2) is 4.98 Å². The highest BCUT2D eigenvalue weighted by molar-refractivity contribution is 6.62. The monoisotopic (exact) mass is 341 g/mol. The molecule has 0 bridgehead atoms. The Morgan fingerprint density at radius 3 is 1.48 bits per heavy atom. The van der Waals surface area contributed by atoms with Gasteiger partial charge in [0.15, 0.2) is 0 Å². The van der Waals surface area contributed by atoms with Crippen LogP contribution < -0.4 is 5.46 Å². The maximum absolute atomic E-state index is 12.8. The van der Waals surface area contributed by atoms with E-state index in [1.54, 1.807) is 27.7 Å². The lowest BCUT2D eigenvalue weighted by Crippen LogP contribution is -2.41. The van der Waals surface area contributed by atoms with Crippen molar-refractivity contribution in [2.75, 3.05) is 0 Å². The molecule has 1 saturated heterocycles. The summed E-state index contributed by atoms with van der Waals surface area (Å²) < 4.78 is 87.9. The third-order valence-electron chi connectivity index (χ3n) is 3.95. The molecular formula is C13H14BF6NO2. The van der Waals surface area contributed by atoms with Gasteiger partial charge in [0, 0.05) is 0 Å². The van der Waals surface area contributed by atoms with E-state index in [0.717, 1.165) is 0 Å². The highest BCUT2D eigenvalue weighted by Gasteiger charge is 2.52. The van der Waals surface area contributed by atoms with Gasteiger partial charge in [-0.05, 0) is 45.3 Å². The lowest BCUT2D eigenvalue weighted by Gasteiger charge is -2.32. The van der Waals surface area contributed by atoms with Gasteiger partial charge in [-0.3, -0.25) is 0 Å². The Labute approximate surface area is 129 Å². The fourth-order valence-corrected chi connectivity index (χ4v) is 1.96. The van der Waals surface area contributed by atoms with Crippen molar-refractivity contribution < 1.29 is 35.7 Å². The van der Waals surface area contributed by atoms with Crippen LogP contribution in [0.1, 0.15) is 39.1 Å². The summed E-state index contributed by atoms with van der Waals surface area (Å²) >= 11 is 0. The Morgan fingerprint density at radius 1 is 0.826 bits per heavy atom. The number of nitrogens with zero attached hydrogens (tertiary/aromatic N) is 1. The molecule has 128 valence electrons. The van der Waals surface area contributed by atoms with Gasteiger partial charge in [0.2, 0.25) is 0 Å². The van der Waals surface area contributed by atoms with Crippen LogP contribution in [0.2, 0.25) is 0 Å². The number of alkyl halides is 6. The molecule has 1 fully saturated rings. The number of hydrogen-bond acceptors (Lipinski definition) is 3. The first-order valence-electron chi connectivity index (χ1n) is 6.65. The molecule has 10 heteroatoms. The van der Waals surface area contributed by atoms with Gasteiger partial charge in [-0.2, -0.15) is 26.3 Å². The Kier molecular flexibility index (Phi) is 4.01. The van der Waals surface area contributed by atoms with Gasteiger partial charge in [0.25, 0.3) is 0 Å². The molecule has 1 aromatic heterocycles. The normalized spacial score (nSPS) is 20.9. The predicted octanol–water partition coefficient (Wildman–Crippen LogP) is 3.42. The molecular weight excluding hydrogens is 327 g/mol. The van der Waals surface area contributed by atoms with Crippen LogP contribution in [0, 0.1) is 0 Å². The van der Waals surface area contributed by atoms with E-state index in [0.29, 0.717) is 12.1 Å². The van der Waals surface area contributed by atoms with E-state index in [2.05, 4.69) is 4.98 Å².